The number of carbonyl (C=O) groups is 2. The number of piperazine rings is 1. The van der Waals surface area contributed by atoms with Crippen LogP contribution in [0.4, 0.5) is 0 Å². The van der Waals surface area contributed by atoms with Crippen LogP contribution in [0.3, 0.4) is 0 Å². The highest BCUT2D eigenvalue weighted by Crippen LogP contribution is 2.29. The quantitative estimate of drug-likeness (QED) is 0.737. The molecule has 6 nitrogen and oxygen atoms in total. The third kappa shape index (κ3) is 4.38. The van der Waals surface area contributed by atoms with Gasteiger partial charge in [-0.15, -0.1) is 0 Å². The number of carbonyl (C=O) groups excluding carboxylic acids is 2. The number of rotatable bonds is 5. The number of primary amides is 1. The molecular weight excluding hydrogens is 316 g/mol. The summed E-state index contributed by atoms with van der Waals surface area (Å²) in [6, 6.07) is 8.72. The van der Waals surface area contributed by atoms with Crippen LogP contribution in [0.1, 0.15) is 37.3 Å². The van der Waals surface area contributed by atoms with Crippen molar-refractivity contribution in [3.05, 3.63) is 35.9 Å². The minimum Gasteiger partial charge on any atom is -0.368 e. The molecule has 0 spiro atoms. The predicted octanol–water partition coefficient (Wildman–Crippen LogP) is 0.793. The molecule has 1 aromatic carbocycles. The molecule has 4 N–H and O–H groups in total. The molecule has 136 valence electrons. The molecule has 6 heteroatoms. The minimum absolute atomic E-state index is 0.0455. The van der Waals surface area contributed by atoms with E-state index in [-0.39, 0.29) is 17.9 Å². The van der Waals surface area contributed by atoms with Gasteiger partial charge < -0.3 is 16.4 Å². The van der Waals surface area contributed by atoms with Crippen molar-refractivity contribution in [2.75, 3.05) is 26.2 Å². The first-order chi connectivity index (χ1) is 12.2. The Morgan fingerprint density at radius 3 is 2.48 bits per heavy atom. The summed E-state index contributed by atoms with van der Waals surface area (Å²) in [5, 5.41) is 6.28. The molecule has 1 saturated heterocycles. The van der Waals surface area contributed by atoms with Gasteiger partial charge >= 0.3 is 0 Å². The molecular formula is C19H28N4O2. The summed E-state index contributed by atoms with van der Waals surface area (Å²) in [6.45, 7) is 3.90. The molecule has 1 aliphatic heterocycles. The van der Waals surface area contributed by atoms with Crippen molar-refractivity contribution < 1.29 is 9.59 Å². The molecule has 0 aromatic heterocycles. The lowest BCUT2D eigenvalue weighted by Crippen LogP contribution is -2.55. The van der Waals surface area contributed by atoms with Crippen molar-refractivity contribution in [2.45, 2.75) is 37.8 Å². The van der Waals surface area contributed by atoms with Crippen LogP contribution in [0.5, 0.6) is 0 Å². The summed E-state index contributed by atoms with van der Waals surface area (Å²) in [5.41, 5.74) is 6.29. The second-order valence-electron chi connectivity index (χ2n) is 7.00. The molecule has 1 heterocycles. The predicted molar refractivity (Wildman–Crippen MR) is 96.7 cm³/mol. The van der Waals surface area contributed by atoms with Gasteiger partial charge in [0.15, 0.2) is 0 Å². The van der Waals surface area contributed by atoms with E-state index in [4.69, 9.17) is 5.73 Å². The number of nitrogens with one attached hydrogen (secondary N) is 2. The number of nitrogens with zero attached hydrogens (tertiary/aromatic N) is 1. The number of benzene rings is 1. The molecule has 1 aromatic rings. The maximum atomic E-state index is 13.0. The first kappa shape index (κ1) is 17.9. The van der Waals surface area contributed by atoms with Crippen LogP contribution >= 0.6 is 0 Å². The zero-order chi connectivity index (χ0) is 17.6. The monoisotopic (exact) mass is 344 g/mol. The lowest BCUT2D eigenvalue weighted by atomic mass is 9.82. The van der Waals surface area contributed by atoms with E-state index >= 15 is 0 Å². The van der Waals surface area contributed by atoms with Crippen molar-refractivity contribution >= 4 is 11.8 Å². The van der Waals surface area contributed by atoms with Crippen molar-refractivity contribution in [3.63, 3.8) is 0 Å². The highest BCUT2D eigenvalue weighted by molar-refractivity contribution is 5.88. The maximum Gasteiger partial charge on any atom is 0.244 e. The van der Waals surface area contributed by atoms with Crippen LogP contribution in [0, 0.1) is 5.92 Å². The third-order valence-corrected chi connectivity index (χ3v) is 5.39. The summed E-state index contributed by atoms with van der Waals surface area (Å²) in [7, 11) is 0. The number of nitrogens with two attached hydrogens (primary N) is 1. The topological polar surface area (TPSA) is 87.5 Å². The van der Waals surface area contributed by atoms with E-state index in [0.717, 1.165) is 57.4 Å². The average Bonchev–Trinajstić information content (AvgIpc) is 2.67. The Bertz CT molecular complexity index is 586. The van der Waals surface area contributed by atoms with E-state index in [1.807, 2.05) is 30.3 Å². The van der Waals surface area contributed by atoms with Gasteiger partial charge in [-0.25, -0.2) is 0 Å². The highest BCUT2D eigenvalue weighted by atomic mass is 16.2. The van der Waals surface area contributed by atoms with Gasteiger partial charge in [-0.3, -0.25) is 14.5 Å². The number of hydrogen-bond acceptors (Lipinski definition) is 4. The molecule has 1 saturated carbocycles. The van der Waals surface area contributed by atoms with Crippen LogP contribution in [-0.4, -0.2) is 48.9 Å². The van der Waals surface area contributed by atoms with Crippen molar-refractivity contribution in [1.29, 1.82) is 0 Å². The average molecular weight is 344 g/mol. The Kier molecular flexibility index (Phi) is 6.04. The molecule has 1 aliphatic carbocycles. The molecule has 3 rings (SSSR count). The van der Waals surface area contributed by atoms with E-state index in [0.29, 0.717) is 0 Å². The highest BCUT2D eigenvalue weighted by Gasteiger charge is 2.36. The second-order valence-corrected chi connectivity index (χ2v) is 7.00. The molecule has 0 radical (unpaired) electrons. The molecule has 2 fully saturated rings. The maximum absolute atomic E-state index is 13.0. The van der Waals surface area contributed by atoms with Crippen LogP contribution in [0.15, 0.2) is 30.3 Å². The summed E-state index contributed by atoms with van der Waals surface area (Å²) in [6.07, 6.45) is 4.15. The van der Waals surface area contributed by atoms with Gasteiger partial charge in [0.25, 0.3) is 0 Å². The van der Waals surface area contributed by atoms with Gasteiger partial charge in [0.05, 0.1) is 5.92 Å². The van der Waals surface area contributed by atoms with E-state index in [1.54, 1.807) is 0 Å². The fraction of sp³-hybridized carbons (Fsp3) is 0.579. The van der Waals surface area contributed by atoms with Crippen LogP contribution < -0.4 is 16.4 Å². The summed E-state index contributed by atoms with van der Waals surface area (Å²) >= 11 is 0. The largest absolute Gasteiger partial charge is 0.368 e. The van der Waals surface area contributed by atoms with E-state index in [2.05, 4.69) is 15.5 Å². The zero-order valence-corrected chi connectivity index (χ0v) is 14.6. The van der Waals surface area contributed by atoms with E-state index in [1.165, 1.54) is 0 Å². The summed E-state index contributed by atoms with van der Waals surface area (Å²) < 4.78 is 0. The van der Waals surface area contributed by atoms with Crippen LogP contribution in [-0.2, 0) is 9.59 Å². The third-order valence-electron chi connectivity index (χ3n) is 5.39. The number of amides is 2. The van der Waals surface area contributed by atoms with Gasteiger partial charge in [-0.2, -0.15) is 0 Å². The Morgan fingerprint density at radius 2 is 1.80 bits per heavy atom. The molecule has 0 bridgehead atoms. The lowest BCUT2D eigenvalue weighted by molar-refractivity contribution is -0.132. The molecule has 2 aliphatic rings. The van der Waals surface area contributed by atoms with E-state index < -0.39 is 11.9 Å². The number of hydrogen-bond donors (Lipinski definition) is 3. The molecule has 2 amide bonds. The normalized spacial score (nSPS) is 25.9. The van der Waals surface area contributed by atoms with Gasteiger partial charge in [0, 0.05) is 32.2 Å². The molecule has 25 heavy (non-hydrogen) atoms. The van der Waals surface area contributed by atoms with Crippen molar-refractivity contribution in [3.8, 4) is 0 Å². The fourth-order valence-corrected chi connectivity index (χ4v) is 4.08. The Hall–Kier alpha value is -1.92. The second kappa shape index (κ2) is 8.45. The van der Waals surface area contributed by atoms with E-state index in [9.17, 15) is 9.59 Å². The van der Waals surface area contributed by atoms with Crippen LogP contribution in [0.2, 0.25) is 0 Å². The smallest absolute Gasteiger partial charge is 0.244 e. The standard InChI is InChI=1S/C19H28N4O2/c20-18(24)17(14-6-2-1-3-7-14)22-19(25)15-8-4-5-9-16(15)23-12-10-21-11-13-23/h1-3,6-7,15-17,21H,4-5,8-13H2,(H2,20,24)(H,22,25)/t15-,16-,17-/m0/s1. The molecule has 0 unspecified atom stereocenters. The zero-order valence-electron chi connectivity index (χ0n) is 14.6. The van der Waals surface area contributed by atoms with Crippen molar-refractivity contribution in [2.24, 2.45) is 11.7 Å². The van der Waals surface area contributed by atoms with Gasteiger partial charge in [-0.1, -0.05) is 43.2 Å². The van der Waals surface area contributed by atoms with Crippen LogP contribution in [0.25, 0.3) is 0 Å². The van der Waals surface area contributed by atoms with Gasteiger partial charge in [-0.05, 0) is 18.4 Å². The fourth-order valence-electron chi connectivity index (χ4n) is 4.08. The first-order valence-corrected chi connectivity index (χ1v) is 9.26. The summed E-state index contributed by atoms with van der Waals surface area (Å²) in [5.74, 6) is -0.637. The lowest BCUT2D eigenvalue weighted by Gasteiger charge is -2.41. The summed E-state index contributed by atoms with van der Waals surface area (Å²) in [4.78, 5) is 27.3. The Balaban J connectivity index is 1.71. The van der Waals surface area contributed by atoms with Gasteiger partial charge in [0.2, 0.25) is 11.8 Å². The first-order valence-electron chi connectivity index (χ1n) is 9.26. The van der Waals surface area contributed by atoms with Crippen molar-refractivity contribution in [1.82, 2.24) is 15.5 Å². The minimum atomic E-state index is -0.765. The van der Waals surface area contributed by atoms with Gasteiger partial charge in [0.1, 0.15) is 6.04 Å². The Morgan fingerprint density at radius 1 is 1.12 bits per heavy atom. The SMILES string of the molecule is NC(=O)[C@@H](NC(=O)[C@H]1CCCC[C@@H]1N1CCNCC1)c1ccccc1. The molecule has 3 atom stereocenters. The Labute approximate surface area is 149 Å².